The summed E-state index contributed by atoms with van der Waals surface area (Å²) in [4.78, 5) is 3.21. The molecule has 0 N–H and O–H groups in total. The zero-order valence-electron chi connectivity index (χ0n) is 15.0. The number of aryl methyl sites for hydroxylation is 1. The summed E-state index contributed by atoms with van der Waals surface area (Å²) in [7, 11) is 0. The summed E-state index contributed by atoms with van der Waals surface area (Å²) < 4.78 is 7.43. The van der Waals surface area contributed by atoms with Crippen molar-refractivity contribution >= 4 is 28.9 Å². The predicted molar refractivity (Wildman–Crippen MR) is 107 cm³/mol. The first-order valence-electron chi connectivity index (χ1n) is 8.77. The van der Waals surface area contributed by atoms with Crippen molar-refractivity contribution in [1.82, 2.24) is 14.8 Å². The molecule has 1 fully saturated rings. The Kier molecular flexibility index (Phi) is 5.01. The van der Waals surface area contributed by atoms with Crippen molar-refractivity contribution in [1.29, 1.82) is 5.26 Å². The average molecular weight is 377 g/mol. The molecule has 0 spiro atoms. The number of aromatic nitrogens is 3. The summed E-state index contributed by atoms with van der Waals surface area (Å²) >= 11 is 1.61. The smallest absolute Gasteiger partial charge is 0.232 e. The van der Waals surface area contributed by atoms with Gasteiger partial charge in [-0.15, -0.1) is 21.5 Å². The van der Waals surface area contributed by atoms with Crippen LogP contribution >= 0.6 is 11.3 Å². The lowest BCUT2D eigenvalue weighted by Crippen LogP contribution is -2.38. The summed E-state index contributed by atoms with van der Waals surface area (Å²) in [5.41, 5.74) is 2.58. The van der Waals surface area contributed by atoms with Gasteiger partial charge >= 0.3 is 0 Å². The van der Waals surface area contributed by atoms with Crippen LogP contribution in [0.2, 0.25) is 0 Å². The number of allylic oxidation sites excluding steroid dienone is 1. The number of thiophene rings is 1. The van der Waals surface area contributed by atoms with Crippen molar-refractivity contribution in [2.24, 2.45) is 0 Å². The summed E-state index contributed by atoms with van der Waals surface area (Å²) in [5, 5.41) is 20.7. The van der Waals surface area contributed by atoms with Gasteiger partial charge in [0.25, 0.3) is 0 Å². The maximum atomic E-state index is 9.83. The number of benzene rings is 1. The van der Waals surface area contributed by atoms with E-state index in [4.69, 9.17) is 4.74 Å². The topological polar surface area (TPSA) is 67.0 Å². The van der Waals surface area contributed by atoms with Gasteiger partial charge < -0.3 is 9.64 Å². The van der Waals surface area contributed by atoms with Gasteiger partial charge in [0.05, 0.1) is 24.5 Å². The molecule has 0 atom stereocenters. The van der Waals surface area contributed by atoms with Crippen molar-refractivity contribution in [2.75, 3.05) is 31.2 Å². The fraction of sp³-hybridized carbons (Fsp3) is 0.250. The van der Waals surface area contributed by atoms with E-state index in [1.54, 1.807) is 11.3 Å². The van der Waals surface area contributed by atoms with Crippen LogP contribution in [0.5, 0.6) is 0 Å². The third-order valence-electron chi connectivity index (χ3n) is 4.49. The van der Waals surface area contributed by atoms with Gasteiger partial charge in [-0.1, -0.05) is 18.2 Å². The third kappa shape index (κ3) is 3.50. The molecular formula is C20H19N5OS. The molecule has 0 bridgehead atoms. The first-order valence-corrected chi connectivity index (χ1v) is 9.65. The molecule has 0 unspecified atom stereocenters. The van der Waals surface area contributed by atoms with Crippen LogP contribution < -0.4 is 4.90 Å². The fourth-order valence-corrected chi connectivity index (χ4v) is 3.90. The highest BCUT2D eigenvalue weighted by atomic mass is 32.1. The molecule has 136 valence electrons. The van der Waals surface area contributed by atoms with Gasteiger partial charge in [0.1, 0.15) is 6.07 Å². The highest BCUT2D eigenvalue weighted by Crippen LogP contribution is 2.28. The van der Waals surface area contributed by atoms with E-state index in [1.165, 1.54) is 0 Å². The molecule has 1 aromatic carbocycles. The Bertz CT molecular complexity index is 993. The van der Waals surface area contributed by atoms with Crippen molar-refractivity contribution in [2.45, 2.75) is 6.92 Å². The van der Waals surface area contributed by atoms with Crippen LogP contribution in [0.1, 0.15) is 16.3 Å². The average Bonchev–Trinajstić information content (AvgIpc) is 3.34. The van der Waals surface area contributed by atoms with Gasteiger partial charge in [-0.05, 0) is 42.1 Å². The highest BCUT2D eigenvalue weighted by Gasteiger charge is 2.23. The summed E-state index contributed by atoms with van der Waals surface area (Å²) in [5.74, 6) is 1.29. The van der Waals surface area contributed by atoms with Crippen molar-refractivity contribution in [3.63, 3.8) is 0 Å². The molecule has 7 heteroatoms. The largest absolute Gasteiger partial charge is 0.378 e. The van der Waals surface area contributed by atoms with Crippen LogP contribution in [0.15, 0.2) is 41.8 Å². The molecule has 6 nitrogen and oxygen atoms in total. The monoisotopic (exact) mass is 377 g/mol. The second-order valence-electron chi connectivity index (χ2n) is 6.23. The summed E-state index contributed by atoms with van der Waals surface area (Å²) in [6, 6.07) is 14.3. The predicted octanol–water partition coefficient (Wildman–Crippen LogP) is 3.54. The van der Waals surface area contributed by atoms with Crippen molar-refractivity contribution < 1.29 is 4.74 Å². The normalized spacial score (nSPS) is 15.0. The molecule has 4 rings (SSSR count). The minimum absolute atomic E-state index is 0.497. The molecule has 1 aliphatic rings. The number of anilines is 1. The molecule has 0 saturated carbocycles. The first-order chi connectivity index (χ1) is 13.3. The summed E-state index contributed by atoms with van der Waals surface area (Å²) in [6.07, 6.45) is 1.90. The number of para-hydroxylation sites is 1. The number of hydrogen-bond acceptors (Lipinski definition) is 6. The first kappa shape index (κ1) is 17.5. The van der Waals surface area contributed by atoms with E-state index < -0.39 is 0 Å². The molecular weight excluding hydrogens is 358 g/mol. The second kappa shape index (κ2) is 7.74. The van der Waals surface area contributed by atoms with Gasteiger partial charge in [0.15, 0.2) is 5.82 Å². The number of hydrogen-bond donors (Lipinski definition) is 0. The van der Waals surface area contributed by atoms with E-state index in [9.17, 15) is 5.26 Å². The van der Waals surface area contributed by atoms with Gasteiger partial charge in [-0.3, -0.25) is 4.57 Å². The molecule has 0 aliphatic carbocycles. The molecule has 1 aliphatic heterocycles. The Morgan fingerprint density at radius 1 is 1.19 bits per heavy atom. The van der Waals surface area contributed by atoms with E-state index in [0.29, 0.717) is 24.6 Å². The Morgan fingerprint density at radius 3 is 2.63 bits per heavy atom. The van der Waals surface area contributed by atoms with Gasteiger partial charge in [0, 0.05) is 18.0 Å². The Morgan fingerprint density at radius 2 is 1.96 bits per heavy atom. The van der Waals surface area contributed by atoms with Crippen LogP contribution in [0, 0.1) is 18.3 Å². The van der Waals surface area contributed by atoms with Gasteiger partial charge in [0.2, 0.25) is 5.95 Å². The van der Waals surface area contributed by atoms with Gasteiger partial charge in [-0.25, -0.2) is 0 Å². The maximum Gasteiger partial charge on any atom is 0.232 e. The molecule has 0 radical (unpaired) electrons. The standard InChI is InChI=1S/C20H19N5OS/c1-15-7-12-27-18(15)13-16(14-21)19-22-23-20(24-8-10-26-11-9-24)25(19)17-5-3-2-4-6-17/h2-7,12-13H,8-11H2,1H3/b16-13+. The highest BCUT2D eigenvalue weighted by molar-refractivity contribution is 7.11. The van der Waals surface area contributed by atoms with E-state index >= 15 is 0 Å². The molecule has 1 saturated heterocycles. The Labute approximate surface area is 162 Å². The van der Waals surface area contributed by atoms with E-state index in [1.807, 2.05) is 59.3 Å². The van der Waals surface area contributed by atoms with Crippen molar-refractivity contribution in [3.05, 3.63) is 58.0 Å². The van der Waals surface area contributed by atoms with Gasteiger partial charge in [-0.2, -0.15) is 5.26 Å². The number of nitriles is 1. The van der Waals surface area contributed by atoms with E-state index in [0.717, 1.165) is 35.2 Å². The quantitative estimate of drug-likeness (QED) is 0.651. The zero-order chi connectivity index (χ0) is 18.6. The number of rotatable bonds is 4. The number of morpholine rings is 1. The molecule has 2 aromatic heterocycles. The van der Waals surface area contributed by atoms with Crippen LogP contribution in [0.25, 0.3) is 17.3 Å². The third-order valence-corrected chi connectivity index (χ3v) is 5.46. The Hall–Kier alpha value is -2.95. The SMILES string of the molecule is Cc1ccsc1/C=C(\C#N)c1nnc(N2CCOCC2)n1-c1ccccc1. The lowest BCUT2D eigenvalue weighted by atomic mass is 10.2. The van der Waals surface area contributed by atoms with Crippen LogP contribution in [0.4, 0.5) is 5.95 Å². The minimum Gasteiger partial charge on any atom is -0.378 e. The van der Waals surface area contributed by atoms with E-state index in [2.05, 4.69) is 21.2 Å². The minimum atomic E-state index is 0.497. The fourth-order valence-electron chi connectivity index (χ4n) is 3.04. The van der Waals surface area contributed by atoms with Crippen LogP contribution in [-0.4, -0.2) is 41.1 Å². The van der Waals surface area contributed by atoms with Crippen molar-refractivity contribution in [3.8, 4) is 11.8 Å². The molecule has 27 heavy (non-hydrogen) atoms. The lowest BCUT2D eigenvalue weighted by Gasteiger charge is -2.28. The molecule has 3 aromatic rings. The summed E-state index contributed by atoms with van der Waals surface area (Å²) in [6.45, 7) is 4.86. The van der Waals surface area contributed by atoms with E-state index in [-0.39, 0.29) is 0 Å². The van der Waals surface area contributed by atoms with Crippen LogP contribution in [-0.2, 0) is 4.74 Å². The zero-order valence-corrected chi connectivity index (χ0v) is 15.8. The molecule has 0 amide bonds. The molecule has 3 heterocycles. The Balaban J connectivity index is 1.85. The maximum absolute atomic E-state index is 9.83. The lowest BCUT2D eigenvalue weighted by molar-refractivity contribution is 0.122. The second-order valence-corrected chi connectivity index (χ2v) is 7.18. The number of nitrogens with zero attached hydrogens (tertiary/aromatic N) is 5. The van der Waals surface area contributed by atoms with Crippen LogP contribution in [0.3, 0.4) is 0 Å². The number of ether oxygens (including phenoxy) is 1.